The van der Waals surface area contributed by atoms with Crippen molar-refractivity contribution < 1.29 is 4.79 Å². The van der Waals surface area contributed by atoms with Crippen molar-refractivity contribution in [3.8, 4) is 0 Å². The first-order chi connectivity index (χ1) is 13.7. The van der Waals surface area contributed by atoms with Crippen LogP contribution in [0.1, 0.15) is 40.5 Å². The highest BCUT2D eigenvalue weighted by molar-refractivity contribution is 5.94. The molecule has 28 heavy (non-hydrogen) atoms. The van der Waals surface area contributed by atoms with E-state index in [0.29, 0.717) is 41.2 Å². The van der Waals surface area contributed by atoms with Crippen molar-refractivity contribution in [1.82, 2.24) is 20.6 Å². The van der Waals surface area contributed by atoms with Crippen LogP contribution in [0.25, 0.3) is 10.9 Å². The van der Waals surface area contributed by atoms with Crippen LogP contribution in [0.4, 0.5) is 0 Å². The number of piperidine rings is 1. The zero-order valence-electron chi connectivity index (χ0n) is 15.7. The lowest BCUT2D eigenvalue weighted by Crippen LogP contribution is -2.28. The summed E-state index contributed by atoms with van der Waals surface area (Å²) in [6, 6.07) is 15.1. The van der Waals surface area contributed by atoms with Crippen molar-refractivity contribution in [3.05, 3.63) is 75.8 Å². The van der Waals surface area contributed by atoms with E-state index in [4.69, 9.17) is 0 Å². The summed E-state index contributed by atoms with van der Waals surface area (Å²) < 4.78 is 0. The van der Waals surface area contributed by atoms with Crippen LogP contribution in [0.2, 0.25) is 0 Å². The second-order valence-electron chi connectivity index (χ2n) is 7.20. The Kier molecular flexibility index (Phi) is 5.48. The number of carbonyl (C=O) groups is 1. The van der Waals surface area contributed by atoms with E-state index in [0.717, 1.165) is 13.1 Å². The van der Waals surface area contributed by atoms with Gasteiger partial charge in [-0.3, -0.25) is 9.59 Å². The number of H-pyrrole nitrogens is 1. The molecule has 6 nitrogen and oxygen atoms in total. The molecule has 0 aliphatic carbocycles. The van der Waals surface area contributed by atoms with E-state index in [9.17, 15) is 9.59 Å². The summed E-state index contributed by atoms with van der Waals surface area (Å²) in [5.41, 5.74) is 2.44. The van der Waals surface area contributed by atoms with Gasteiger partial charge in [0.25, 0.3) is 11.5 Å². The van der Waals surface area contributed by atoms with Crippen LogP contribution in [-0.2, 0) is 6.42 Å². The van der Waals surface area contributed by atoms with Crippen molar-refractivity contribution in [2.45, 2.75) is 25.2 Å². The van der Waals surface area contributed by atoms with Gasteiger partial charge in [-0.25, -0.2) is 4.98 Å². The Balaban J connectivity index is 1.35. The molecule has 2 heterocycles. The molecule has 144 valence electrons. The smallest absolute Gasteiger partial charge is 0.258 e. The first-order valence-corrected chi connectivity index (χ1v) is 9.77. The molecule has 1 atom stereocenters. The predicted octanol–water partition coefficient (Wildman–Crippen LogP) is 2.36. The maximum atomic E-state index is 12.4. The van der Waals surface area contributed by atoms with E-state index in [1.807, 2.05) is 30.3 Å². The minimum absolute atomic E-state index is 0.114. The highest BCUT2D eigenvalue weighted by atomic mass is 16.1. The fourth-order valence-corrected chi connectivity index (χ4v) is 3.69. The third-order valence-corrected chi connectivity index (χ3v) is 5.25. The van der Waals surface area contributed by atoms with Crippen LogP contribution in [0.3, 0.4) is 0 Å². The number of amides is 1. The summed E-state index contributed by atoms with van der Waals surface area (Å²) in [5, 5.41) is 6.89. The van der Waals surface area contributed by atoms with Gasteiger partial charge >= 0.3 is 0 Å². The molecule has 2 aromatic carbocycles. The quantitative estimate of drug-likeness (QED) is 0.638. The number of fused-ring (bicyclic) bond motifs is 1. The summed E-state index contributed by atoms with van der Waals surface area (Å²) in [5.74, 6) is 0.988. The molecule has 0 saturated carbocycles. The number of nitrogens with zero attached hydrogens (tertiary/aromatic N) is 1. The second-order valence-corrected chi connectivity index (χ2v) is 7.20. The normalized spacial score (nSPS) is 16.8. The molecule has 1 aliphatic heterocycles. The van der Waals surface area contributed by atoms with Crippen LogP contribution in [0.15, 0.2) is 53.3 Å². The number of benzene rings is 2. The Morgan fingerprint density at radius 3 is 2.75 bits per heavy atom. The number of rotatable bonds is 5. The number of hydrogen-bond acceptors (Lipinski definition) is 4. The molecule has 0 unspecified atom stereocenters. The van der Waals surface area contributed by atoms with Crippen molar-refractivity contribution in [1.29, 1.82) is 0 Å². The monoisotopic (exact) mass is 376 g/mol. The number of aromatic nitrogens is 2. The summed E-state index contributed by atoms with van der Waals surface area (Å²) >= 11 is 0. The number of nitrogens with one attached hydrogen (secondary N) is 3. The van der Waals surface area contributed by atoms with Crippen LogP contribution in [0.5, 0.6) is 0 Å². The Morgan fingerprint density at radius 1 is 1.14 bits per heavy atom. The lowest BCUT2D eigenvalue weighted by atomic mass is 9.91. The molecular weight excluding hydrogens is 352 g/mol. The number of hydrogen-bond donors (Lipinski definition) is 3. The largest absolute Gasteiger partial charge is 0.352 e. The van der Waals surface area contributed by atoms with Crippen molar-refractivity contribution in [2.75, 3.05) is 19.6 Å². The van der Waals surface area contributed by atoms with E-state index >= 15 is 0 Å². The van der Waals surface area contributed by atoms with Gasteiger partial charge in [0.1, 0.15) is 5.82 Å². The number of aromatic amines is 1. The Morgan fingerprint density at radius 2 is 1.96 bits per heavy atom. The van der Waals surface area contributed by atoms with Gasteiger partial charge in [0, 0.05) is 25.1 Å². The van der Waals surface area contributed by atoms with E-state index in [1.54, 1.807) is 6.07 Å². The first kappa shape index (κ1) is 18.4. The molecule has 0 bridgehead atoms. The molecule has 1 amide bonds. The number of carbonyl (C=O) groups excluding carboxylic acids is 1. The third kappa shape index (κ3) is 4.12. The SMILES string of the molecule is O=C(NCCc1nc2ccccc2c(=O)[nH]1)c1ccc([C@@H]2CCCNC2)cc1. The predicted molar refractivity (Wildman–Crippen MR) is 110 cm³/mol. The van der Waals surface area contributed by atoms with E-state index in [1.165, 1.54) is 18.4 Å². The first-order valence-electron chi connectivity index (χ1n) is 9.77. The molecule has 3 aromatic rings. The van der Waals surface area contributed by atoms with Gasteiger partial charge in [0.2, 0.25) is 0 Å². The van der Waals surface area contributed by atoms with Gasteiger partial charge in [0.15, 0.2) is 0 Å². The maximum Gasteiger partial charge on any atom is 0.258 e. The second kappa shape index (κ2) is 8.35. The van der Waals surface area contributed by atoms with Gasteiger partial charge in [-0.05, 0) is 55.1 Å². The maximum absolute atomic E-state index is 12.4. The van der Waals surface area contributed by atoms with E-state index in [2.05, 4.69) is 32.7 Å². The topological polar surface area (TPSA) is 86.9 Å². The minimum atomic E-state index is -0.153. The van der Waals surface area contributed by atoms with Crippen LogP contribution >= 0.6 is 0 Å². The lowest BCUT2D eigenvalue weighted by molar-refractivity contribution is 0.0954. The Labute approximate surface area is 163 Å². The Bertz CT molecular complexity index is 1020. The molecule has 3 N–H and O–H groups in total. The fourth-order valence-electron chi connectivity index (χ4n) is 3.69. The van der Waals surface area contributed by atoms with Crippen LogP contribution in [-0.4, -0.2) is 35.5 Å². The van der Waals surface area contributed by atoms with Crippen molar-refractivity contribution in [2.24, 2.45) is 0 Å². The third-order valence-electron chi connectivity index (χ3n) is 5.25. The zero-order chi connectivity index (χ0) is 19.3. The van der Waals surface area contributed by atoms with Crippen molar-refractivity contribution >= 4 is 16.8 Å². The van der Waals surface area contributed by atoms with Gasteiger partial charge < -0.3 is 15.6 Å². The summed E-state index contributed by atoms with van der Waals surface area (Å²) in [7, 11) is 0. The van der Waals surface area contributed by atoms with Crippen molar-refractivity contribution in [3.63, 3.8) is 0 Å². The lowest BCUT2D eigenvalue weighted by Gasteiger charge is -2.23. The van der Waals surface area contributed by atoms with Crippen LogP contribution < -0.4 is 16.2 Å². The molecule has 1 aliphatic rings. The van der Waals surface area contributed by atoms with Gasteiger partial charge in [0.05, 0.1) is 10.9 Å². The number of para-hydroxylation sites is 1. The standard InChI is InChI=1S/C22H24N4O2/c27-21(16-9-7-15(8-10-16)17-4-3-12-23-14-17)24-13-11-20-25-19-6-2-1-5-18(19)22(28)26-20/h1-2,5-10,17,23H,3-4,11-14H2,(H,24,27)(H,25,26,28)/t17-/m1/s1. The molecule has 6 heteroatoms. The molecule has 4 rings (SSSR count). The molecule has 0 radical (unpaired) electrons. The van der Waals surface area contributed by atoms with Gasteiger partial charge in [-0.1, -0.05) is 24.3 Å². The molecular formula is C22H24N4O2. The highest BCUT2D eigenvalue weighted by Crippen LogP contribution is 2.23. The zero-order valence-corrected chi connectivity index (χ0v) is 15.7. The average molecular weight is 376 g/mol. The Hall–Kier alpha value is -2.99. The minimum Gasteiger partial charge on any atom is -0.352 e. The molecule has 1 aromatic heterocycles. The average Bonchev–Trinajstić information content (AvgIpc) is 2.74. The van der Waals surface area contributed by atoms with Gasteiger partial charge in [-0.15, -0.1) is 0 Å². The molecule has 0 spiro atoms. The van der Waals surface area contributed by atoms with Crippen LogP contribution in [0, 0.1) is 0 Å². The van der Waals surface area contributed by atoms with Gasteiger partial charge in [-0.2, -0.15) is 0 Å². The summed E-state index contributed by atoms with van der Waals surface area (Å²) in [4.78, 5) is 31.7. The summed E-state index contributed by atoms with van der Waals surface area (Å²) in [6.45, 7) is 2.51. The fraction of sp³-hybridized carbons (Fsp3) is 0.318. The van der Waals surface area contributed by atoms with E-state index in [-0.39, 0.29) is 11.5 Å². The summed E-state index contributed by atoms with van der Waals surface area (Å²) in [6.07, 6.45) is 2.85. The molecule has 1 fully saturated rings. The van der Waals surface area contributed by atoms with E-state index < -0.39 is 0 Å². The highest BCUT2D eigenvalue weighted by Gasteiger charge is 2.15. The molecule has 1 saturated heterocycles.